The molecule has 0 amide bonds. The molecule has 16 heavy (non-hydrogen) atoms. The van der Waals surface area contributed by atoms with Gasteiger partial charge in [-0.3, -0.25) is 0 Å². The highest BCUT2D eigenvalue weighted by Gasteiger charge is 2.34. The van der Waals surface area contributed by atoms with Crippen molar-refractivity contribution in [3.8, 4) is 0 Å². The van der Waals surface area contributed by atoms with Crippen molar-refractivity contribution < 1.29 is 35.1 Å². The number of aliphatic hydroxyl groups excluding tert-OH is 5. The molecular formula is C9H18O7. The molecule has 4 atom stereocenters. The second-order valence-electron chi connectivity index (χ2n) is 3.34. The van der Waals surface area contributed by atoms with E-state index in [0.29, 0.717) is 6.42 Å². The van der Waals surface area contributed by atoms with Gasteiger partial charge in [0.2, 0.25) is 0 Å². The van der Waals surface area contributed by atoms with Crippen LogP contribution in [0.25, 0.3) is 0 Å². The summed E-state index contributed by atoms with van der Waals surface area (Å²) >= 11 is 0. The summed E-state index contributed by atoms with van der Waals surface area (Å²) in [6, 6.07) is 0. The Hall–Kier alpha value is -0.730. The van der Waals surface area contributed by atoms with E-state index >= 15 is 0 Å². The molecule has 0 aromatic carbocycles. The first-order chi connectivity index (χ1) is 7.45. The first-order valence-electron chi connectivity index (χ1n) is 4.95. The van der Waals surface area contributed by atoms with Crippen molar-refractivity contribution in [3.63, 3.8) is 0 Å². The van der Waals surface area contributed by atoms with Crippen LogP contribution in [0, 0.1) is 0 Å². The summed E-state index contributed by atoms with van der Waals surface area (Å²) in [4.78, 5) is 11.1. The molecule has 0 heterocycles. The fourth-order valence-electron chi connectivity index (χ4n) is 0.950. The van der Waals surface area contributed by atoms with Crippen LogP contribution in [0.3, 0.4) is 0 Å². The number of rotatable bonds is 7. The maximum atomic E-state index is 11.1. The van der Waals surface area contributed by atoms with E-state index in [1.807, 2.05) is 0 Å². The zero-order valence-corrected chi connectivity index (χ0v) is 8.98. The molecule has 0 aliphatic carbocycles. The predicted octanol–water partition coefficient (Wildman–Crippen LogP) is -2.62. The first kappa shape index (κ1) is 15.3. The Morgan fingerprint density at radius 1 is 1.19 bits per heavy atom. The summed E-state index contributed by atoms with van der Waals surface area (Å²) in [7, 11) is 0. The third-order valence-electron chi connectivity index (χ3n) is 1.94. The van der Waals surface area contributed by atoms with E-state index < -0.39 is 37.0 Å². The molecule has 0 unspecified atom stereocenters. The molecule has 7 nitrogen and oxygen atoms in total. The molecule has 5 N–H and O–H groups in total. The van der Waals surface area contributed by atoms with Crippen LogP contribution in [0.5, 0.6) is 0 Å². The van der Waals surface area contributed by atoms with Crippen molar-refractivity contribution in [2.75, 3.05) is 13.2 Å². The van der Waals surface area contributed by atoms with E-state index in [1.165, 1.54) is 0 Å². The van der Waals surface area contributed by atoms with Crippen LogP contribution in [-0.2, 0) is 9.53 Å². The lowest BCUT2D eigenvalue weighted by molar-refractivity contribution is -0.170. The molecule has 0 aliphatic heterocycles. The molecule has 0 spiro atoms. The van der Waals surface area contributed by atoms with E-state index in [0.717, 1.165) is 0 Å². The van der Waals surface area contributed by atoms with Crippen molar-refractivity contribution in [2.24, 2.45) is 0 Å². The Bertz CT molecular complexity index is 208. The third-order valence-corrected chi connectivity index (χ3v) is 1.94. The van der Waals surface area contributed by atoms with E-state index in [2.05, 4.69) is 4.74 Å². The monoisotopic (exact) mass is 238 g/mol. The number of aliphatic hydroxyl groups is 5. The van der Waals surface area contributed by atoms with Gasteiger partial charge in [0.1, 0.15) is 18.3 Å². The maximum Gasteiger partial charge on any atom is 0.337 e. The highest BCUT2D eigenvalue weighted by Crippen LogP contribution is 2.06. The molecule has 0 bridgehead atoms. The van der Waals surface area contributed by atoms with Gasteiger partial charge in [0.15, 0.2) is 6.10 Å². The van der Waals surface area contributed by atoms with Gasteiger partial charge in [-0.05, 0) is 6.42 Å². The Balaban J connectivity index is 4.25. The molecule has 7 heteroatoms. The molecule has 0 rings (SSSR count). The molecule has 0 aromatic rings. The van der Waals surface area contributed by atoms with Gasteiger partial charge in [0.05, 0.1) is 13.2 Å². The van der Waals surface area contributed by atoms with Crippen LogP contribution in [0.15, 0.2) is 0 Å². The van der Waals surface area contributed by atoms with Gasteiger partial charge in [-0.2, -0.15) is 0 Å². The Morgan fingerprint density at radius 2 is 1.75 bits per heavy atom. The largest absolute Gasteiger partial charge is 0.464 e. The minimum atomic E-state index is -1.96. The third kappa shape index (κ3) is 4.42. The van der Waals surface area contributed by atoms with Gasteiger partial charge in [-0.25, -0.2) is 4.79 Å². The normalized spacial score (nSPS) is 18.6. The van der Waals surface area contributed by atoms with E-state index in [1.54, 1.807) is 6.92 Å². The molecule has 0 saturated carbocycles. The fraction of sp³-hybridized carbons (Fsp3) is 0.889. The van der Waals surface area contributed by atoms with Crippen LogP contribution in [0.1, 0.15) is 13.3 Å². The van der Waals surface area contributed by atoms with Crippen LogP contribution < -0.4 is 0 Å². The van der Waals surface area contributed by atoms with Gasteiger partial charge in [0.25, 0.3) is 0 Å². The SMILES string of the molecule is CCCOC(=O)[C@@H](O)[C@@H](O)[C@H](O)[C@H](O)CO. The van der Waals surface area contributed by atoms with E-state index in [9.17, 15) is 20.1 Å². The van der Waals surface area contributed by atoms with Gasteiger partial charge in [-0.15, -0.1) is 0 Å². The average Bonchev–Trinajstić information content (AvgIpc) is 2.31. The number of hydrogen-bond donors (Lipinski definition) is 5. The Labute approximate surface area is 92.9 Å². The molecular weight excluding hydrogens is 220 g/mol. The molecule has 0 radical (unpaired) electrons. The van der Waals surface area contributed by atoms with Crippen molar-refractivity contribution in [1.29, 1.82) is 0 Å². The molecule has 0 aliphatic rings. The second-order valence-corrected chi connectivity index (χ2v) is 3.34. The molecule has 0 saturated heterocycles. The van der Waals surface area contributed by atoms with Crippen LogP contribution in [0.4, 0.5) is 0 Å². The van der Waals surface area contributed by atoms with E-state index in [4.69, 9.17) is 10.2 Å². The van der Waals surface area contributed by atoms with Crippen LogP contribution >= 0.6 is 0 Å². The Kier molecular flexibility index (Phi) is 7.18. The number of carbonyl (C=O) groups excluding carboxylic acids is 1. The highest BCUT2D eigenvalue weighted by atomic mass is 16.5. The number of hydrogen-bond acceptors (Lipinski definition) is 7. The summed E-state index contributed by atoms with van der Waals surface area (Å²) in [5.74, 6) is -1.08. The quantitative estimate of drug-likeness (QED) is 0.307. The van der Waals surface area contributed by atoms with Crippen molar-refractivity contribution in [1.82, 2.24) is 0 Å². The predicted molar refractivity (Wildman–Crippen MR) is 52.4 cm³/mol. The molecule has 0 aromatic heterocycles. The van der Waals surface area contributed by atoms with Gasteiger partial charge < -0.3 is 30.3 Å². The summed E-state index contributed by atoms with van der Waals surface area (Å²) in [5.41, 5.74) is 0. The standard InChI is InChI=1S/C9H18O7/c1-2-3-16-9(15)8(14)7(13)6(12)5(11)4-10/h5-8,10-14H,2-4H2,1H3/t5-,6-,7+,8+/m1/s1. The lowest BCUT2D eigenvalue weighted by atomic mass is 10.0. The highest BCUT2D eigenvalue weighted by molar-refractivity contribution is 5.75. The average molecular weight is 238 g/mol. The summed E-state index contributed by atoms with van der Waals surface area (Å²) in [5, 5.41) is 45.2. The second kappa shape index (κ2) is 7.53. The number of esters is 1. The minimum absolute atomic E-state index is 0.0846. The van der Waals surface area contributed by atoms with Crippen LogP contribution in [0.2, 0.25) is 0 Å². The van der Waals surface area contributed by atoms with Gasteiger partial charge >= 0.3 is 5.97 Å². The lowest BCUT2D eigenvalue weighted by Crippen LogP contribution is -2.49. The minimum Gasteiger partial charge on any atom is -0.464 e. The summed E-state index contributed by atoms with van der Waals surface area (Å²) in [6.07, 6.45) is -6.77. The van der Waals surface area contributed by atoms with E-state index in [-0.39, 0.29) is 6.61 Å². The van der Waals surface area contributed by atoms with Crippen molar-refractivity contribution >= 4 is 5.97 Å². The summed E-state index contributed by atoms with van der Waals surface area (Å²) in [6.45, 7) is 1.04. The van der Waals surface area contributed by atoms with Crippen molar-refractivity contribution in [3.05, 3.63) is 0 Å². The first-order valence-corrected chi connectivity index (χ1v) is 4.95. The maximum absolute atomic E-state index is 11.1. The lowest BCUT2D eigenvalue weighted by Gasteiger charge is -2.24. The zero-order valence-electron chi connectivity index (χ0n) is 8.98. The van der Waals surface area contributed by atoms with Gasteiger partial charge in [0, 0.05) is 0 Å². The fourth-order valence-corrected chi connectivity index (χ4v) is 0.950. The van der Waals surface area contributed by atoms with Crippen LogP contribution in [-0.4, -0.2) is 69.1 Å². The summed E-state index contributed by atoms with van der Waals surface area (Å²) < 4.78 is 4.53. The smallest absolute Gasteiger partial charge is 0.337 e. The van der Waals surface area contributed by atoms with Gasteiger partial charge in [-0.1, -0.05) is 6.92 Å². The Morgan fingerprint density at radius 3 is 2.19 bits per heavy atom. The molecule has 0 fully saturated rings. The number of carbonyl (C=O) groups is 1. The topological polar surface area (TPSA) is 127 Å². The molecule has 96 valence electrons. The van der Waals surface area contributed by atoms with Crippen molar-refractivity contribution in [2.45, 2.75) is 37.8 Å². The zero-order chi connectivity index (χ0) is 12.7. The number of ether oxygens (including phenoxy) is 1.